The molecule has 0 unspecified atom stereocenters. The fourth-order valence-electron chi connectivity index (χ4n) is 8.36. The second kappa shape index (κ2) is 10.4. The first-order chi connectivity index (χ1) is 24.1. The van der Waals surface area contributed by atoms with Crippen LogP contribution in [0.3, 0.4) is 0 Å². The van der Waals surface area contributed by atoms with Gasteiger partial charge in [-0.15, -0.1) is 0 Å². The molecular weight excluding hydrogens is 593 g/mol. The number of rotatable bonds is 4. The maximum atomic E-state index is 2.51. The third kappa shape index (κ3) is 4.07. The van der Waals surface area contributed by atoms with Gasteiger partial charge in [0.1, 0.15) is 0 Å². The number of hydrogen-bond acceptors (Lipinski definition) is 1. The molecule has 0 saturated carbocycles. The fourth-order valence-corrected chi connectivity index (χ4v) is 8.36. The van der Waals surface area contributed by atoms with Crippen LogP contribution in [0.2, 0.25) is 0 Å². The van der Waals surface area contributed by atoms with Gasteiger partial charge in [-0.1, -0.05) is 135 Å². The zero-order valence-electron chi connectivity index (χ0n) is 27.6. The summed E-state index contributed by atoms with van der Waals surface area (Å²) in [5, 5.41) is 7.44. The van der Waals surface area contributed by atoms with Gasteiger partial charge < -0.3 is 9.47 Å². The van der Waals surface area contributed by atoms with Crippen molar-refractivity contribution in [3.05, 3.63) is 181 Å². The summed E-state index contributed by atoms with van der Waals surface area (Å²) in [6.45, 7) is 4.76. The van der Waals surface area contributed by atoms with Crippen LogP contribution in [-0.4, -0.2) is 4.57 Å². The van der Waals surface area contributed by atoms with E-state index in [0.29, 0.717) is 0 Å². The molecule has 0 spiro atoms. The Balaban J connectivity index is 1.32. The van der Waals surface area contributed by atoms with E-state index in [4.69, 9.17) is 0 Å². The Kier molecular flexibility index (Phi) is 5.95. The van der Waals surface area contributed by atoms with Crippen LogP contribution in [0.5, 0.6) is 0 Å². The number of hydrogen-bond donors (Lipinski definition) is 0. The summed E-state index contributed by atoms with van der Waals surface area (Å²) in [5.41, 5.74) is 12.3. The summed E-state index contributed by atoms with van der Waals surface area (Å²) in [7, 11) is 0. The quantitative estimate of drug-likeness (QED) is 0.189. The van der Waals surface area contributed by atoms with Crippen molar-refractivity contribution < 1.29 is 0 Å². The summed E-state index contributed by atoms with van der Waals surface area (Å²) in [5.74, 6) is 0. The maximum absolute atomic E-state index is 2.51. The molecule has 0 fully saturated rings. The van der Waals surface area contributed by atoms with E-state index >= 15 is 0 Å². The first kappa shape index (κ1) is 27.9. The van der Waals surface area contributed by atoms with E-state index in [2.05, 4.69) is 193 Å². The van der Waals surface area contributed by atoms with Crippen LogP contribution in [0.1, 0.15) is 25.0 Å². The molecule has 0 aliphatic carbocycles. The third-order valence-electron chi connectivity index (χ3n) is 10.7. The van der Waals surface area contributed by atoms with Crippen molar-refractivity contribution in [3.63, 3.8) is 0 Å². The summed E-state index contributed by atoms with van der Waals surface area (Å²) < 4.78 is 2.51. The zero-order valence-corrected chi connectivity index (χ0v) is 27.6. The van der Waals surface area contributed by atoms with Gasteiger partial charge in [-0.05, 0) is 81.6 Å². The molecule has 49 heavy (non-hydrogen) atoms. The van der Waals surface area contributed by atoms with E-state index < -0.39 is 0 Å². The van der Waals surface area contributed by atoms with Crippen LogP contribution in [0.4, 0.5) is 17.1 Å². The molecule has 10 rings (SSSR count). The minimum absolute atomic E-state index is 0.162. The molecule has 232 valence electrons. The van der Waals surface area contributed by atoms with E-state index in [-0.39, 0.29) is 5.41 Å². The summed E-state index contributed by atoms with van der Waals surface area (Å²) in [6, 6.07) is 62.4. The highest BCUT2D eigenvalue weighted by molar-refractivity contribution is 6.15. The SMILES string of the molecule is CC1(C)c2ccccc2-n2c3ccc(N(c4cccc5ccccc45)c4cccc5ccccc45)cc3c3cc(-c4ccccc4)cc1c32. The largest absolute Gasteiger partial charge is 0.309 e. The number of anilines is 3. The van der Waals surface area contributed by atoms with Gasteiger partial charge in [0.25, 0.3) is 0 Å². The molecule has 1 aliphatic heterocycles. The number of para-hydroxylation sites is 1. The smallest absolute Gasteiger partial charge is 0.0582 e. The molecule has 2 heteroatoms. The Labute approximate surface area is 286 Å². The van der Waals surface area contributed by atoms with E-state index in [0.717, 1.165) is 5.69 Å². The molecule has 0 saturated heterocycles. The molecule has 1 aliphatic rings. The molecule has 2 heterocycles. The van der Waals surface area contributed by atoms with Crippen molar-refractivity contribution in [2.75, 3.05) is 4.90 Å². The first-order valence-corrected chi connectivity index (χ1v) is 17.1. The predicted octanol–water partition coefficient (Wildman–Crippen LogP) is 12.9. The first-order valence-electron chi connectivity index (χ1n) is 17.1. The Morgan fingerprint density at radius 1 is 0.449 bits per heavy atom. The van der Waals surface area contributed by atoms with Crippen LogP contribution < -0.4 is 4.90 Å². The second-order valence-corrected chi connectivity index (χ2v) is 13.8. The van der Waals surface area contributed by atoms with Gasteiger partial charge >= 0.3 is 0 Å². The van der Waals surface area contributed by atoms with Crippen LogP contribution in [-0.2, 0) is 5.41 Å². The number of aromatic nitrogens is 1. The van der Waals surface area contributed by atoms with Gasteiger partial charge in [-0.3, -0.25) is 0 Å². The van der Waals surface area contributed by atoms with Crippen LogP contribution in [0, 0.1) is 0 Å². The minimum Gasteiger partial charge on any atom is -0.309 e. The van der Waals surface area contributed by atoms with E-state index in [9.17, 15) is 0 Å². The van der Waals surface area contributed by atoms with Crippen molar-refractivity contribution in [2.45, 2.75) is 19.3 Å². The molecule has 0 amide bonds. The molecule has 9 aromatic rings. The lowest BCUT2D eigenvalue weighted by molar-refractivity contribution is 0.630. The lowest BCUT2D eigenvalue weighted by Crippen LogP contribution is -2.26. The molecule has 1 aromatic heterocycles. The van der Waals surface area contributed by atoms with Gasteiger partial charge in [0.2, 0.25) is 0 Å². The normalized spacial score (nSPS) is 13.3. The van der Waals surface area contributed by atoms with Crippen LogP contribution in [0.25, 0.3) is 60.2 Å². The Morgan fingerprint density at radius 2 is 1.06 bits per heavy atom. The minimum atomic E-state index is -0.162. The zero-order chi connectivity index (χ0) is 32.7. The highest BCUT2D eigenvalue weighted by atomic mass is 15.1. The van der Waals surface area contributed by atoms with Crippen molar-refractivity contribution >= 4 is 60.4 Å². The number of benzene rings is 8. The topological polar surface area (TPSA) is 8.17 Å². The molecule has 8 aromatic carbocycles. The molecule has 0 N–H and O–H groups in total. The lowest BCUT2D eigenvalue weighted by Gasteiger charge is -2.35. The third-order valence-corrected chi connectivity index (χ3v) is 10.7. The summed E-state index contributed by atoms with van der Waals surface area (Å²) >= 11 is 0. The number of fused-ring (bicyclic) bond motifs is 7. The number of nitrogens with zero attached hydrogens (tertiary/aromatic N) is 2. The standard InChI is InChI=1S/C47H34N2/c1-47(2)40-22-10-11-23-45(40)49-44-27-26-35(30-38(44)39-28-34(29-41(47)46(39)49)31-14-4-3-5-15-31)48(42-24-12-18-32-16-6-8-20-36(32)42)43-25-13-19-33-17-7-9-21-37(33)43/h3-30H,1-2H3. The highest BCUT2D eigenvalue weighted by Crippen LogP contribution is 2.50. The average Bonchev–Trinajstić information content (AvgIpc) is 3.48. The van der Waals surface area contributed by atoms with Crippen molar-refractivity contribution in [3.8, 4) is 16.8 Å². The fraction of sp³-hybridized carbons (Fsp3) is 0.0638. The van der Waals surface area contributed by atoms with Gasteiger partial charge in [0, 0.05) is 32.6 Å². The second-order valence-electron chi connectivity index (χ2n) is 13.8. The molecule has 2 nitrogen and oxygen atoms in total. The summed E-state index contributed by atoms with van der Waals surface area (Å²) in [6.07, 6.45) is 0. The van der Waals surface area contributed by atoms with Crippen LogP contribution in [0.15, 0.2) is 170 Å². The molecule has 0 atom stereocenters. The summed E-state index contributed by atoms with van der Waals surface area (Å²) in [4.78, 5) is 2.47. The Hall–Kier alpha value is -6.12. The van der Waals surface area contributed by atoms with E-state index in [1.54, 1.807) is 0 Å². The van der Waals surface area contributed by atoms with E-state index in [1.807, 2.05) is 0 Å². The van der Waals surface area contributed by atoms with Gasteiger partial charge in [-0.25, -0.2) is 0 Å². The highest BCUT2D eigenvalue weighted by Gasteiger charge is 2.35. The molecular formula is C47H34N2. The molecule has 0 bridgehead atoms. The van der Waals surface area contributed by atoms with Gasteiger partial charge in [0.05, 0.1) is 28.1 Å². The predicted molar refractivity (Wildman–Crippen MR) is 208 cm³/mol. The average molecular weight is 627 g/mol. The Morgan fingerprint density at radius 3 is 1.78 bits per heavy atom. The molecule has 0 radical (unpaired) electrons. The van der Waals surface area contributed by atoms with Crippen molar-refractivity contribution in [1.82, 2.24) is 4.57 Å². The monoisotopic (exact) mass is 626 g/mol. The van der Waals surface area contributed by atoms with Gasteiger partial charge in [-0.2, -0.15) is 0 Å². The van der Waals surface area contributed by atoms with E-state index in [1.165, 1.54) is 82.7 Å². The van der Waals surface area contributed by atoms with Crippen molar-refractivity contribution in [1.29, 1.82) is 0 Å². The van der Waals surface area contributed by atoms with Crippen LogP contribution >= 0.6 is 0 Å². The lowest BCUT2D eigenvalue weighted by atomic mass is 9.74. The maximum Gasteiger partial charge on any atom is 0.0582 e. The Bertz CT molecular complexity index is 2660. The van der Waals surface area contributed by atoms with Crippen molar-refractivity contribution in [2.24, 2.45) is 0 Å². The van der Waals surface area contributed by atoms with Gasteiger partial charge in [0.15, 0.2) is 0 Å².